The van der Waals surface area contributed by atoms with Crippen LogP contribution in [-0.4, -0.2) is 16.0 Å². The topological polar surface area (TPSA) is 89.8 Å². The molecule has 1 atom stereocenters. The van der Waals surface area contributed by atoms with E-state index in [1.165, 1.54) is 6.42 Å². The molecule has 5 heteroatoms. The van der Waals surface area contributed by atoms with Crippen LogP contribution in [-0.2, 0) is 0 Å². The van der Waals surface area contributed by atoms with Gasteiger partial charge in [-0.3, -0.25) is 0 Å². The summed E-state index contributed by atoms with van der Waals surface area (Å²) in [6.07, 6.45) is 3.55. The van der Waals surface area contributed by atoms with E-state index >= 15 is 0 Å². The van der Waals surface area contributed by atoms with Crippen LogP contribution in [0, 0.1) is 5.41 Å². The molecule has 1 aliphatic rings. The van der Waals surface area contributed by atoms with Crippen LogP contribution in [0.3, 0.4) is 0 Å². The van der Waals surface area contributed by atoms with Crippen molar-refractivity contribution in [1.29, 1.82) is 0 Å². The summed E-state index contributed by atoms with van der Waals surface area (Å²) in [5.74, 6) is 1.36. The van der Waals surface area contributed by atoms with Crippen LogP contribution in [0.2, 0.25) is 0 Å². The second kappa shape index (κ2) is 3.81. The summed E-state index contributed by atoms with van der Waals surface area (Å²) in [7, 11) is 0. The largest absolute Gasteiger partial charge is 0.383 e. The van der Waals surface area contributed by atoms with E-state index in [0.29, 0.717) is 17.3 Å². The highest BCUT2D eigenvalue weighted by Crippen LogP contribution is 2.38. The zero-order valence-electron chi connectivity index (χ0n) is 9.83. The van der Waals surface area contributed by atoms with Gasteiger partial charge in [-0.05, 0) is 24.7 Å². The SMILES string of the molecule is CC1(C)CCC(Nc2cc(N)nc(N)n2)C1. The molecule has 1 aliphatic carbocycles. The number of nitrogen functional groups attached to an aromatic ring is 2. The minimum Gasteiger partial charge on any atom is -0.383 e. The van der Waals surface area contributed by atoms with Crippen molar-refractivity contribution in [3.8, 4) is 0 Å². The fourth-order valence-electron chi connectivity index (χ4n) is 2.33. The van der Waals surface area contributed by atoms with Gasteiger partial charge in [0, 0.05) is 12.1 Å². The van der Waals surface area contributed by atoms with E-state index in [4.69, 9.17) is 11.5 Å². The molecule has 0 radical (unpaired) electrons. The molecule has 1 aromatic rings. The van der Waals surface area contributed by atoms with Gasteiger partial charge in [0.15, 0.2) is 0 Å². The number of rotatable bonds is 2. The summed E-state index contributed by atoms with van der Waals surface area (Å²) in [5.41, 5.74) is 11.6. The highest BCUT2D eigenvalue weighted by atomic mass is 15.1. The van der Waals surface area contributed by atoms with Gasteiger partial charge in [-0.1, -0.05) is 13.8 Å². The first-order chi connectivity index (χ1) is 7.44. The molecule has 88 valence electrons. The molecule has 0 aromatic carbocycles. The lowest BCUT2D eigenvalue weighted by Gasteiger charge is -2.18. The quantitative estimate of drug-likeness (QED) is 0.706. The smallest absolute Gasteiger partial charge is 0.223 e. The average Bonchev–Trinajstić information content (AvgIpc) is 2.43. The first-order valence-electron chi connectivity index (χ1n) is 5.61. The van der Waals surface area contributed by atoms with Crippen LogP contribution in [0.1, 0.15) is 33.1 Å². The van der Waals surface area contributed by atoms with Gasteiger partial charge in [-0.2, -0.15) is 9.97 Å². The summed E-state index contributed by atoms with van der Waals surface area (Å²) in [6.45, 7) is 4.58. The number of hydrogen-bond donors (Lipinski definition) is 3. The van der Waals surface area contributed by atoms with Gasteiger partial charge in [0.1, 0.15) is 11.6 Å². The minimum atomic E-state index is 0.222. The molecule has 0 aliphatic heterocycles. The standard InChI is InChI=1S/C11H19N5/c1-11(2)4-3-7(6-11)14-9-5-8(12)15-10(13)16-9/h5,7H,3-4,6H2,1-2H3,(H5,12,13,14,15,16). The predicted molar refractivity (Wildman–Crippen MR) is 65.9 cm³/mol. The third-order valence-corrected chi connectivity index (χ3v) is 3.08. The van der Waals surface area contributed by atoms with Gasteiger partial charge < -0.3 is 16.8 Å². The molecule has 0 spiro atoms. The lowest BCUT2D eigenvalue weighted by molar-refractivity contribution is 0.378. The molecular formula is C11H19N5. The molecule has 16 heavy (non-hydrogen) atoms. The van der Waals surface area contributed by atoms with E-state index in [1.807, 2.05) is 0 Å². The van der Waals surface area contributed by atoms with Crippen LogP contribution in [0.5, 0.6) is 0 Å². The Labute approximate surface area is 95.6 Å². The van der Waals surface area contributed by atoms with Crippen molar-refractivity contribution >= 4 is 17.6 Å². The van der Waals surface area contributed by atoms with Gasteiger partial charge in [-0.25, -0.2) is 0 Å². The Bertz CT molecular complexity index is 368. The van der Waals surface area contributed by atoms with Crippen LogP contribution in [0.15, 0.2) is 6.07 Å². The molecule has 1 heterocycles. The Morgan fingerprint density at radius 2 is 2.12 bits per heavy atom. The van der Waals surface area contributed by atoms with E-state index in [2.05, 4.69) is 29.1 Å². The Morgan fingerprint density at radius 3 is 2.69 bits per heavy atom. The third-order valence-electron chi connectivity index (χ3n) is 3.08. The number of nitrogens with one attached hydrogen (secondary N) is 1. The van der Waals surface area contributed by atoms with E-state index in [0.717, 1.165) is 18.7 Å². The maximum Gasteiger partial charge on any atom is 0.223 e. The number of anilines is 3. The molecular weight excluding hydrogens is 202 g/mol. The zero-order valence-corrected chi connectivity index (χ0v) is 9.83. The van der Waals surface area contributed by atoms with Gasteiger partial charge in [0.25, 0.3) is 0 Å². The second-order valence-electron chi connectivity index (χ2n) is 5.28. The van der Waals surface area contributed by atoms with Crippen molar-refractivity contribution < 1.29 is 0 Å². The molecule has 1 unspecified atom stereocenters. The van der Waals surface area contributed by atoms with Gasteiger partial charge in [-0.15, -0.1) is 0 Å². The molecule has 0 amide bonds. The number of nitrogens with zero attached hydrogens (tertiary/aromatic N) is 2. The fourth-order valence-corrected chi connectivity index (χ4v) is 2.33. The Balaban J connectivity index is 2.05. The molecule has 1 fully saturated rings. The lowest BCUT2D eigenvalue weighted by atomic mass is 9.92. The Hall–Kier alpha value is -1.52. The number of hydrogen-bond acceptors (Lipinski definition) is 5. The van der Waals surface area contributed by atoms with Gasteiger partial charge in [0.05, 0.1) is 0 Å². The minimum absolute atomic E-state index is 0.222. The fraction of sp³-hybridized carbons (Fsp3) is 0.636. The van der Waals surface area contributed by atoms with Crippen LogP contribution in [0.25, 0.3) is 0 Å². The third kappa shape index (κ3) is 2.53. The van der Waals surface area contributed by atoms with Crippen LogP contribution >= 0.6 is 0 Å². The summed E-state index contributed by atoms with van der Waals surface area (Å²) < 4.78 is 0. The summed E-state index contributed by atoms with van der Waals surface area (Å²) in [4.78, 5) is 7.96. The number of nitrogens with two attached hydrogens (primary N) is 2. The van der Waals surface area contributed by atoms with Crippen molar-refractivity contribution in [2.75, 3.05) is 16.8 Å². The monoisotopic (exact) mass is 221 g/mol. The van der Waals surface area contributed by atoms with Crippen molar-refractivity contribution in [2.24, 2.45) is 5.41 Å². The maximum absolute atomic E-state index is 5.62. The highest BCUT2D eigenvalue weighted by molar-refractivity contribution is 5.49. The first kappa shape index (κ1) is 11.0. The van der Waals surface area contributed by atoms with Crippen molar-refractivity contribution in [3.05, 3.63) is 6.07 Å². The van der Waals surface area contributed by atoms with Crippen LogP contribution in [0.4, 0.5) is 17.6 Å². The lowest BCUT2D eigenvalue weighted by Crippen LogP contribution is -2.19. The van der Waals surface area contributed by atoms with E-state index in [-0.39, 0.29) is 5.95 Å². The molecule has 0 saturated heterocycles. The maximum atomic E-state index is 5.62. The van der Waals surface area contributed by atoms with Gasteiger partial charge >= 0.3 is 0 Å². The van der Waals surface area contributed by atoms with Crippen LogP contribution < -0.4 is 16.8 Å². The first-order valence-corrected chi connectivity index (χ1v) is 5.61. The number of aromatic nitrogens is 2. The normalized spacial score (nSPS) is 23.2. The predicted octanol–water partition coefficient (Wildman–Crippen LogP) is 1.63. The average molecular weight is 221 g/mol. The summed E-state index contributed by atoms with van der Waals surface area (Å²) >= 11 is 0. The van der Waals surface area contributed by atoms with E-state index in [1.54, 1.807) is 6.07 Å². The van der Waals surface area contributed by atoms with E-state index < -0.39 is 0 Å². The Kier molecular flexibility index (Phi) is 2.61. The van der Waals surface area contributed by atoms with Crippen molar-refractivity contribution in [1.82, 2.24) is 9.97 Å². The molecule has 5 N–H and O–H groups in total. The van der Waals surface area contributed by atoms with E-state index in [9.17, 15) is 0 Å². The van der Waals surface area contributed by atoms with Crippen molar-refractivity contribution in [2.45, 2.75) is 39.2 Å². The zero-order chi connectivity index (χ0) is 11.8. The molecule has 1 aromatic heterocycles. The highest BCUT2D eigenvalue weighted by Gasteiger charge is 2.30. The summed E-state index contributed by atoms with van der Waals surface area (Å²) in [6, 6.07) is 2.19. The van der Waals surface area contributed by atoms with Crippen molar-refractivity contribution in [3.63, 3.8) is 0 Å². The molecule has 5 nitrogen and oxygen atoms in total. The molecule has 0 bridgehead atoms. The van der Waals surface area contributed by atoms with Gasteiger partial charge in [0.2, 0.25) is 5.95 Å². The second-order valence-corrected chi connectivity index (χ2v) is 5.28. The molecule has 2 rings (SSSR count). The summed E-state index contributed by atoms with van der Waals surface area (Å²) in [5, 5.41) is 3.37. The molecule has 1 saturated carbocycles. The Morgan fingerprint density at radius 1 is 1.38 bits per heavy atom.